The van der Waals surface area contributed by atoms with Crippen LogP contribution in [0.4, 0.5) is 0 Å². The van der Waals surface area contributed by atoms with Crippen LogP contribution in [0, 0.1) is 0 Å². The molecule has 1 aromatic carbocycles. The molecule has 0 spiro atoms. The first kappa shape index (κ1) is 16.4. The molecule has 0 amide bonds. The first-order chi connectivity index (χ1) is 10.0. The van der Waals surface area contributed by atoms with Crippen LogP contribution in [0.15, 0.2) is 30.3 Å². The Morgan fingerprint density at radius 1 is 1.14 bits per heavy atom. The highest BCUT2D eigenvalue weighted by molar-refractivity contribution is 5.14. The Labute approximate surface area is 128 Å². The number of nitrogens with zero attached hydrogens (tertiary/aromatic N) is 2. The topological polar surface area (TPSA) is 52.7 Å². The Hall–Kier alpha value is -0.940. The predicted molar refractivity (Wildman–Crippen MR) is 87.0 cm³/mol. The number of aliphatic hydroxyl groups excluding tert-OH is 1. The predicted octanol–water partition coefficient (Wildman–Crippen LogP) is 1.29. The first-order valence-corrected chi connectivity index (χ1v) is 7.89. The summed E-state index contributed by atoms with van der Waals surface area (Å²) in [5.74, 6) is 0. The van der Waals surface area contributed by atoms with Crippen molar-refractivity contribution in [3.63, 3.8) is 0 Å². The van der Waals surface area contributed by atoms with Gasteiger partial charge in [0.05, 0.1) is 6.61 Å². The zero-order valence-corrected chi connectivity index (χ0v) is 13.3. The van der Waals surface area contributed by atoms with Gasteiger partial charge in [-0.05, 0) is 25.8 Å². The number of piperazine rings is 1. The van der Waals surface area contributed by atoms with Gasteiger partial charge in [-0.15, -0.1) is 0 Å². The summed E-state index contributed by atoms with van der Waals surface area (Å²) in [6, 6.07) is 10.5. The highest BCUT2D eigenvalue weighted by Crippen LogP contribution is 2.22. The van der Waals surface area contributed by atoms with Crippen LogP contribution in [0.1, 0.15) is 25.8 Å². The SMILES string of the molecule is CC(C)(CC(N)CO)N1CCN(Cc2ccccc2)CC1. The molecular weight excluding hydrogens is 262 g/mol. The third-order valence-corrected chi connectivity index (χ3v) is 4.47. The number of hydrogen-bond acceptors (Lipinski definition) is 4. The first-order valence-electron chi connectivity index (χ1n) is 7.89. The smallest absolute Gasteiger partial charge is 0.0583 e. The lowest BCUT2D eigenvalue weighted by molar-refractivity contribution is 0.0370. The van der Waals surface area contributed by atoms with E-state index in [1.807, 2.05) is 0 Å². The molecule has 3 N–H and O–H groups in total. The fourth-order valence-electron chi connectivity index (χ4n) is 3.19. The molecule has 1 aliphatic rings. The molecule has 0 saturated carbocycles. The lowest BCUT2D eigenvalue weighted by Crippen LogP contribution is -2.56. The van der Waals surface area contributed by atoms with Gasteiger partial charge in [0.25, 0.3) is 0 Å². The maximum Gasteiger partial charge on any atom is 0.0583 e. The minimum atomic E-state index is -0.123. The fraction of sp³-hybridized carbons (Fsp3) is 0.647. The summed E-state index contributed by atoms with van der Waals surface area (Å²) in [6.45, 7) is 9.88. The molecule has 21 heavy (non-hydrogen) atoms. The molecule has 1 atom stereocenters. The van der Waals surface area contributed by atoms with Gasteiger partial charge in [-0.2, -0.15) is 0 Å². The number of nitrogens with two attached hydrogens (primary N) is 1. The maximum absolute atomic E-state index is 9.15. The van der Waals surface area contributed by atoms with Crippen molar-refractivity contribution in [2.24, 2.45) is 5.73 Å². The lowest BCUT2D eigenvalue weighted by Gasteiger charge is -2.45. The Kier molecular flexibility index (Phi) is 5.76. The second-order valence-corrected chi connectivity index (χ2v) is 6.71. The molecule has 0 aliphatic carbocycles. The van der Waals surface area contributed by atoms with Crippen LogP contribution in [0.3, 0.4) is 0 Å². The van der Waals surface area contributed by atoms with E-state index in [1.165, 1.54) is 5.56 Å². The van der Waals surface area contributed by atoms with Gasteiger partial charge in [-0.25, -0.2) is 0 Å². The molecule has 4 heteroatoms. The number of hydrogen-bond donors (Lipinski definition) is 2. The molecule has 1 aliphatic heterocycles. The van der Waals surface area contributed by atoms with E-state index in [9.17, 15) is 0 Å². The van der Waals surface area contributed by atoms with E-state index < -0.39 is 0 Å². The van der Waals surface area contributed by atoms with Crippen molar-refractivity contribution in [1.82, 2.24) is 9.80 Å². The maximum atomic E-state index is 9.15. The van der Waals surface area contributed by atoms with Gasteiger partial charge in [0.2, 0.25) is 0 Å². The second-order valence-electron chi connectivity index (χ2n) is 6.71. The summed E-state index contributed by atoms with van der Waals surface area (Å²) < 4.78 is 0. The van der Waals surface area contributed by atoms with Crippen LogP contribution in [-0.4, -0.2) is 59.3 Å². The summed E-state index contributed by atoms with van der Waals surface area (Å²) >= 11 is 0. The van der Waals surface area contributed by atoms with Gasteiger partial charge in [-0.1, -0.05) is 30.3 Å². The van der Waals surface area contributed by atoms with E-state index in [0.717, 1.165) is 39.1 Å². The average Bonchev–Trinajstić information content (AvgIpc) is 2.48. The van der Waals surface area contributed by atoms with E-state index in [1.54, 1.807) is 0 Å². The van der Waals surface area contributed by atoms with Crippen LogP contribution in [0.25, 0.3) is 0 Å². The normalized spacial score (nSPS) is 19.6. The third kappa shape index (κ3) is 4.78. The van der Waals surface area contributed by atoms with Crippen LogP contribution in [0.5, 0.6) is 0 Å². The monoisotopic (exact) mass is 291 g/mol. The van der Waals surface area contributed by atoms with E-state index in [4.69, 9.17) is 10.8 Å². The molecule has 1 unspecified atom stereocenters. The van der Waals surface area contributed by atoms with E-state index in [0.29, 0.717) is 0 Å². The minimum Gasteiger partial charge on any atom is -0.395 e. The zero-order chi connectivity index (χ0) is 15.3. The quantitative estimate of drug-likeness (QED) is 0.829. The number of benzene rings is 1. The van der Waals surface area contributed by atoms with Gasteiger partial charge >= 0.3 is 0 Å². The lowest BCUT2D eigenvalue weighted by atomic mass is 9.93. The fourth-order valence-corrected chi connectivity index (χ4v) is 3.19. The third-order valence-electron chi connectivity index (χ3n) is 4.47. The largest absolute Gasteiger partial charge is 0.395 e. The molecule has 0 bridgehead atoms. The zero-order valence-electron chi connectivity index (χ0n) is 13.3. The molecule has 0 aromatic heterocycles. The van der Waals surface area contributed by atoms with Crippen molar-refractivity contribution >= 4 is 0 Å². The minimum absolute atomic E-state index is 0.0565. The van der Waals surface area contributed by atoms with E-state index in [-0.39, 0.29) is 18.2 Å². The summed E-state index contributed by atoms with van der Waals surface area (Å²) in [6.07, 6.45) is 0.836. The molecule has 1 fully saturated rings. The molecule has 1 heterocycles. The Morgan fingerprint density at radius 3 is 2.33 bits per heavy atom. The Bertz CT molecular complexity index is 413. The summed E-state index contributed by atoms with van der Waals surface area (Å²) in [5, 5.41) is 9.15. The van der Waals surface area contributed by atoms with Gasteiger partial charge in [0, 0.05) is 44.3 Å². The highest BCUT2D eigenvalue weighted by atomic mass is 16.3. The summed E-state index contributed by atoms with van der Waals surface area (Å²) in [7, 11) is 0. The van der Waals surface area contributed by atoms with Crippen molar-refractivity contribution < 1.29 is 5.11 Å². The van der Waals surface area contributed by atoms with Crippen LogP contribution >= 0.6 is 0 Å². The van der Waals surface area contributed by atoms with Crippen molar-refractivity contribution in [3.8, 4) is 0 Å². The van der Waals surface area contributed by atoms with Gasteiger partial charge < -0.3 is 10.8 Å². The molecule has 2 rings (SSSR count). The molecule has 1 saturated heterocycles. The number of rotatable bonds is 6. The summed E-state index contributed by atoms with van der Waals surface area (Å²) in [5.41, 5.74) is 7.35. The molecule has 0 radical (unpaired) electrons. The number of aliphatic hydroxyl groups is 1. The Morgan fingerprint density at radius 2 is 1.76 bits per heavy atom. The van der Waals surface area contributed by atoms with Crippen LogP contribution in [-0.2, 0) is 6.54 Å². The molecule has 4 nitrogen and oxygen atoms in total. The van der Waals surface area contributed by atoms with Crippen molar-refractivity contribution in [2.45, 2.75) is 38.4 Å². The second kappa shape index (κ2) is 7.36. The van der Waals surface area contributed by atoms with Gasteiger partial charge in [0.1, 0.15) is 0 Å². The van der Waals surface area contributed by atoms with Crippen molar-refractivity contribution in [1.29, 1.82) is 0 Å². The van der Waals surface area contributed by atoms with Crippen LogP contribution < -0.4 is 5.73 Å². The van der Waals surface area contributed by atoms with Gasteiger partial charge in [0.15, 0.2) is 0 Å². The molecule has 118 valence electrons. The molecular formula is C17H29N3O. The van der Waals surface area contributed by atoms with Crippen LogP contribution in [0.2, 0.25) is 0 Å². The standard InChI is InChI=1S/C17H29N3O/c1-17(2,12-16(18)14-21)20-10-8-19(9-11-20)13-15-6-4-3-5-7-15/h3-7,16,21H,8-14,18H2,1-2H3. The highest BCUT2D eigenvalue weighted by Gasteiger charge is 2.31. The summed E-state index contributed by atoms with van der Waals surface area (Å²) in [4.78, 5) is 5.01. The molecule has 1 aromatic rings. The van der Waals surface area contributed by atoms with E-state index in [2.05, 4.69) is 54.0 Å². The Balaban J connectivity index is 1.82. The van der Waals surface area contributed by atoms with E-state index >= 15 is 0 Å². The average molecular weight is 291 g/mol. The van der Waals surface area contributed by atoms with Crippen molar-refractivity contribution in [3.05, 3.63) is 35.9 Å². The van der Waals surface area contributed by atoms with Crippen molar-refractivity contribution in [2.75, 3.05) is 32.8 Å². The van der Waals surface area contributed by atoms with Gasteiger partial charge in [-0.3, -0.25) is 9.80 Å².